The van der Waals surface area contributed by atoms with Crippen LogP contribution in [-0.4, -0.2) is 25.4 Å². The van der Waals surface area contributed by atoms with Gasteiger partial charge < -0.3 is 9.47 Å². The van der Waals surface area contributed by atoms with Gasteiger partial charge >= 0.3 is 0 Å². The first-order valence-corrected chi connectivity index (χ1v) is 9.33. The van der Waals surface area contributed by atoms with E-state index in [-0.39, 0.29) is 0 Å². The molecule has 1 aliphatic rings. The summed E-state index contributed by atoms with van der Waals surface area (Å²) in [6, 6.07) is 0. The minimum Gasteiger partial charge on any atom is -0.376 e. The van der Waals surface area contributed by atoms with Crippen molar-refractivity contribution in [3.8, 4) is 0 Å². The highest BCUT2D eigenvalue weighted by Gasteiger charge is 2.26. The third kappa shape index (κ3) is 9.42. The Kier molecular flexibility index (Phi) is 12.4. The molecule has 0 aromatic carbocycles. The van der Waals surface area contributed by atoms with Crippen LogP contribution in [0.2, 0.25) is 0 Å². The molecule has 0 aromatic rings. The topological polar surface area (TPSA) is 18.5 Å². The lowest BCUT2D eigenvalue weighted by Gasteiger charge is -2.31. The van der Waals surface area contributed by atoms with Crippen LogP contribution in [0, 0.1) is 0 Å². The standard InChI is InChI=1S/C20H36O2/c1-3-5-7-9-13-17-21-19-15-11-12-16-20(19)22-18-14-10-8-6-4-2/h3-4,19-20H,1-2,5-18H2. The number of rotatable bonds is 14. The number of allylic oxidation sites excluding steroid dienone is 2. The van der Waals surface area contributed by atoms with Crippen LogP contribution in [-0.2, 0) is 9.47 Å². The van der Waals surface area contributed by atoms with Crippen LogP contribution in [0.15, 0.2) is 25.3 Å². The zero-order valence-electron chi connectivity index (χ0n) is 14.4. The van der Waals surface area contributed by atoms with E-state index < -0.39 is 0 Å². The maximum atomic E-state index is 6.11. The van der Waals surface area contributed by atoms with E-state index in [1.807, 2.05) is 12.2 Å². The molecule has 1 fully saturated rings. The summed E-state index contributed by atoms with van der Waals surface area (Å²) >= 11 is 0. The molecule has 0 amide bonds. The maximum absolute atomic E-state index is 6.11. The largest absolute Gasteiger partial charge is 0.376 e. The van der Waals surface area contributed by atoms with Crippen LogP contribution < -0.4 is 0 Å². The van der Waals surface area contributed by atoms with Gasteiger partial charge in [-0.25, -0.2) is 0 Å². The van der Waals surface area contributed by atoms with E-state index in [1.54, 1.807) is 0 Å². The zero-order valence-corrected chi connectivity index (χ0v) is 14.4. The van der Waals surface area contributed by atoms with Crippen molar-refractivity contribution in [2.45, 2.75) is 89.3 Å². The van der Waals surface area contributed by atoms with E-state index in [0.717, 1.165) is 26.1 Å². The lowest BCUT2D eigenvalue weighted by Crippen LogP contribution is -2.35. The Morgan fingerprint density at radius 2 is 1.14 bits per heavy atom. The number of unbranched alkanes of at least 4 members (excludes halogenated alkanes) is 6. The first-order chi connectivity index (χ1) is 10.9. The van der Waals surface area contributed by atoms with E-state index in [9.17, 15) is 0 Å². The quantitative estimate of drug-likeness (QED) is 0.297. The minimum absolute atomic E-state index is 0.335. The van der Waals surface area contributed by atoms with Crippen LogP contribution in [0.3, 0.4) is 0 Å². The summed E-state index contributed by atoms with van der Waals surface area (Å²) in [5, 5.41) is 0. The molecule has 1 saturated carbocycles. The van der Waals surface area contributed by atoms with Crippen LogP contribution in [0.25, 0.3) is 0 Å². The molecule has 0 bridgehead atoms. The maximum Gasteiger partial charge on any atom is 0.0836 e. The van der Waals surface area contributed by atoms with Crippen molar-refractivity contribution in [2.24, 2.45) is 0 Å². The molecular formula is C20H36O2. The molecule has 0 aromatic heterocycles. The van der Waals surface area contributed by atoms with Gasteiger partial charge in [-0.05, 0) is 51.4 Å². The van der Waals surface area contributed by atoms with Gasteiger partial charge in [0.1, 0.15) is 0 Å². The number of hydrogen-bond donors (Lipinski definition) is 0. The van der Waals surface area contributed by atoms with Crippen molar-refractivity contribution in [1.82, 2.24) is 0 Å². The summed E-state index contributed by atoms with van der Waals surface area (Å²) in [7, 11) is 0. The SMILES string of the molecule is C=CCCCCCOC1CCCCC1OCCCCCC=C. The third-order valence-electron chi connectivity index (χ3n) is 4.41. The summed E-state index contributed by atoms with van der Waals surface area (Å²) in [4.78, 5) is 0. The molecule has 0 radical (unpaired) electrons. The summed E-state index contributed by atoms with van der Waals surface area (Å²) in [6.45, 7) is 9.30. The Bertz CT molecular complexity index is 247. The smallest absolute Gasteiger partial charge is 0.0836 e. The molecule has 1 rings (SSSR count). The number of hydrogen-bond acceptors (Lipinski definition) is 2. The van der Waals surface area contributed by atoms with Crippen molar-refractivity contribution in [1.29, 1.82) is 0 Å². The van der Waals surface area contributed by atoms with E-state index in [1.165, 1.54) is 64.2 Å². The molecule has 0 heterocycles. The van der Waals surface area contributed by atoms with Gasteiger partial charge in [-0.15, -0.1) is 13.2 Å². The van der Waals surface area contributed by atoms with E-state index in [2.05, 4.69) is 13.2 Å². The van der Waals surface area contributed by atoms with E-state index in [0.29, 0.717) is 12.2 Å². The zero-order chi connectivity index (χ0) is 15.9. The fraction of sp³-hybridized carbons (Fsp3) is 0.800. The highest BCUT2D eigenvalue weighted by molar-refractivity contribution is 4.77. The second-order valence-electron chi connectivity index (χ2n) is 6.38. The van der Waals surface area contributed by atoms with Crippen molar-refractivity contribution in [3.05, 3.63) is 25.3 Å². The van der Waals surface area contributed by atoms with E-state index in [4.69, 9.17) is 9.47 Å². The molecule has 0 N–H and O–H groups in total. The van der Waals surface area contributed by atoms with Gasteiger partial charge in [0.25, 0.3) is 0 Å². The third-order valence-corrected chi connectivity index (χ3v) is 4.41. The second-order valence-corrected chi connectivity index (χ2v) is 6.38. The normalized spacial score (nSPS) is 21.6. The highest BCUT2D eigenvalue weighted by Crippen LogP contribution is 2.24. The Balaban J connectivity index is 2.08. The van der Waals surface area contributed by atoms with Crippen molar-refractivity contribution in [2.75, 3.05) is 13.2 Å². The first kappa shape index (κ1) is 19.4. The summed E-state index contributed by atoms with van der Waals surface area (Å²) < 4.78 is 12.2. The summed E-state index contributed by atoms with van der Waals surface area (Å²) in [5.74, 6) is 0. The predicted octanol–water partition coefficient (Wildman–Crippen LogP) is 5.82. The van der Waals surface area contributed by atoms with Crippen molar-refractivity contribution < 1.29 is 9.47 Å². The molecule has 22 heavy (non-hydrogen) atoms. The lowest BCUT2D eigenvalue weighted by atomic mass is 9.94. The van der Waals surface area contributed by atoms with E-state index >= 15 is 0 Å². The van der Waals surface area contributed by atoms with Crippen LogP contribution in [0.4, 0.5) is 0 Å². The number of ether oxygens (including phenoxy) is 2. The van der Waals surface area contributed by atoms with Gasteiger partial charge in [-0.3, -0.25) is 0 Å². The Morgan fingerprint density at radius 3 is 1.55 bits per heavy atom. The second kappa shape index (κ2) is 14.0. The Labute approximate surface area is 138 Å². The van der Waals surface area contributed by atoms with Crippen LogP contribution in [0.1, 0.15) is 77.0 Å². The molecule has 0 aliphatic heterocycles. The monoisotopic (exact) mass is 308 g/mol. The van der Waals surface area contributed by atoms with Crippen LogP contribution in [0.5, 0.6) is 0 Å². The molecule has 0 spiro atoms. The molecular weight excluding hydrogens is 272 g/mol. The van der Waals surface area contributed by atoms with Crippen molar-refractivity contribution >= 4 is 0 Å². The van der Waals surface area contributed by atoms with Gasteiger partial charge in [0.05, 0.1) is 12.2 Å². The summed E-state index contributed by atoms with van der Waals surface area (Å²) in [5.41, 5.74) is 0. The fourth-order valence-electron chi connectivity index (χ4n) is 3.05. The predicted molar refractivity (Wildman–Crippen MR) is 95.3 cm³/mol. The molecule has 1 aliphatic carbocycles. The van der Waals surface area contributed by atoms with Gasteiger partial charge in [0.2, 0.25) is 0 Å². The first-order valence-electron chi connectivity index (χ1n) is 9.33. The Hall–Kier alpha value is -0.600. The average molecular weight is 309 g/mol. The molecule has 2 unspecified atom stereocenters. The van der Waals surface area contributed by atoms with Crippen molar-refractivity contribution in [3.63, 3.8) is 0 Å². The van der Waals surface area contributed by atoms with Gasteiger partial charge in [0.15, 0.2) is 0 Å². The molecule has 0 saturated heterocycles. The fourth-order valence-corrected chi connectivity index (χ4v) is 3.05. The molecule has 2 atom stereocenters. The summed E-state index contributed by atoms with van der Waals surface area (Å²) in [6.07, 6.45) is 19.2. The average Bonchev–Trinajstić information content (AvgIpc) is 2.55. The molecule has 128 valence electrons. The van der Waals surface area contributed by atoms with Gasteiger partial charge in [0, 0.05) is 13.2 Å². The van der Waals surface area contributed by atoms with Gasteiger partial charge in [-0.1, -0.05) is 37.8 Å². The minimum atomic E-state index is 0.335. The van der Waals surface area contributed by atoms with Gasteiger partial charge in [-0.2, -0.15) is 0 Å². The Morgan fingerprint density at radius 1 is 0.682 bits per heavy atom. The lowest BCUT2D eigenvalue weighted by molar-refractivity contribution is -0.0933. The highest BCUT2D eigenvalue weighted by atomic mass is 16.5. The van der Waals surface area contributed by atoms with Crippen LogP contribution >= 0.6 is 0 Å². The molecule has 2 nitrogen and oxygen atoms in total. The molecule has 2 heteroatoms.